The van der Waals surface area contributed by atoms with Crippen LogP contribution in [0.4, 0.5) is 0 Å². The van der Waals surface area contributed by atoms with Crippen LogP contribution >= 0.6 is 0 Å². The number of rotatable bonds is 7. The van der Waals surface area contributed by atoms with Crippen LogP contribution in [-0.2, 0) is 9.59 Å². The average Bonchev–Trinajstić information content (AvgIpc) is 2.89. The van der Waals surface area contributed by atoms with Crippen LogP contribution in [0.25, 0.3) is 0 Å². The Bertz CT molecular complexity index is 1120. The van der Waals surface area contributed by atoms with Crippen LogP contribution in [0.3, 0.4) is 0 Å². The maximum Gasteiger partial charge on any atom is 0.308 e. The lowest BCUT2D eigenvalue weighted by Gasteiger charge is -2.34. The van der Waals surface area contributed by atoms with Gasteiger partial charge in [-0.15, -0.1) is 0 Å². The lowest BCUT2D eigenvalue weighted by atomic mass is 9.88. The molecule has 1 heterocycles. The first-order chi connectivity index (χ1) is 17.0. The van der Waals surface area contributed by atoms with E-state index in [0.717, 1.165) is 24.0 Å². The molecule has 3 aromatic carbocycles. The maximum atomic E-state index is 13.6. The Hall–Kier alpha value is -3.93. The number of piperidine rings is 1. The van der Waals surface area contributed by atoms with Crippen LogP contribution in [0.1, 0.15) is 47.2 Å². The Kier molecular flexibility index (Phi) is 7.93. The fraction of sp³-hybridized carbons (Fsp3) is 0.276. The molecule has 0 unspecified atom stereocenters. The molecule has 1 saturated heterocycles. The fourth-order valence-corrected chi connectivity index (χ4v) is 4.51. The molecule has 2 amide bonds. The summed E-state index contributed by atoms with van der Waals surface area (Å²) in [6.45, 7) is 3.19. The van der Waals surface area contributed by atoms with Gasteiger partial charge in [0.2, 0.25) is 5.91 Å². The van der Waals surface area contributed by atoms with Crippen LogP contribution in [0, 0.1) is 5.92 Å². The number of hydrogen-bond donors (Lipinski definition) is 1. The van der Waals surface area contributed by atoms with Gasteiger partial charge in [-0.2, -0.15) is 0 Å². The topological polar surface area (TPSA) is 75.7 Å². The highest BCUT2D eigenvalue weighted by Crippen LogP contribution is 2.29. The lowest BCUT2D eigenvalue weighted by molar-refractivity contribution is -0.133. The number of amides is 2. The highest BCUT2D eigenvalue weighted by Gasteiger charge is 2.30. The van der Waals surface area contributed by atoms with Gasteiger partial charge < -0.3 is 15.0 Å². The summed E-state index contributed by atoms with van der Waals surface area (Å²) in [6.07, 6.45) is 1.66. The first kappa shape index (κ1) is 24.2. The van der Waals surface area contributed by atoms with E-state index in [1.54, 1.807) is 24.3 Å². The molecule has 3 aromatic rings. The minimum Gasteiger partial charge on any atom is -0.427 e. The standard InChI is InChI=1S/C29H30N2O4/c1-21(32)35-26-14-8-13-25(19-26)28(33)30-20-22-15-17-31(18-16-22)29(34)27(23-9-4-2-5-10-23)24-11-6-3-7-12-24/h2-14,19,22,27H,15-18,20H2,1H3,(H,30,33). The predicted molar refractivity (Wildman–Crippen MR) is 134 cm³/mol. The Morgan fingerprint density at radius 2 is 1.49 bits per heavy atom. The summed E-state index contributed by atoms with van der Waals surface area (Å²) in [5.74, 6) is -0.184. The average molecular weight is 471 g/mol. The zero-order chi connectivity index (χ0) is 24.6. The Morgan fingerprint density at radius 1 is 0.886 bits per heavy atom. The van der Waals surface area contributed by atoms with Crippen molar-refractivity contribution in [1.82, 2.24) is 10.2 Å². The third-order valence-electron chi connectivity index (χ3n) is 6.35. The van der Waals surface area contributed by atoms with Gasteiger partial charge in [0.1, 0.15) is 5.75 Å². The van der Waals surface area contributed by atoms with E-state index in [4.69, 9.17) is 4.74 Å². The Labute approximate surface area is 205 Å². The molecule has 0 saturated carbocycles. The summed E-state index contributed by atoms with van der Waals surface area (Å²) < 4.78 is 5.06. The van der Waals surface area contributed by atoms with E-state index in [0.29, 0.717) is 36.9 Å². The van der Waals surface area contributed by atoms with E-state index in [2.05, 4.69) is 5.32 Å². The van der Waals surface area contributed by atoms with Gasteiger partial charge in [-0.3, -0.25) is 14.4 Å². The lowest BCUT2D eigenvalue weighted by Crippen LogP contribution is -2.43. The molecule has 1 aliphatic rings. The second-order valence-corrected chi connectivity index (χ2v) is 8.85. The summed E-state index contributed by atoms with van der Waals surface area (Å²) in [4.78, 5) is 39.3. The largest absolute Gasteiger partial charge is 0.427 e. The maximum absolute atomic E-state index is 13.6. The summed E-state index contributed by atoms with van der Waals surface area (Å²) in [5.41, 5.74) is 2.44. The van der Waals surface area contributed by atoms with E-state index >= 15 is 0 Å². The molecule has 0 atom stereocenters. The van der Waals surface area contributed by atoms with E-state index < -0.39 is 5.97 Å². The molecule has 6 heteroatoms. The molecule has 1 aliphatic heterocycles. The Balaban J connectivity index is 1.34. The van der Waals surface area contributed by atoms with Crippen molar-refractivity contribution in [3.05, 3.63) is 102 Å². The van der Waals surface area contributed by atoms with Crippen molar-refractivity contribution in [1.29, 1.82) is 0 Å². The molecule has 180 valence electrons. The summed E-state index contributed by atoms with van der Waals surface area (Å²) >= 11 is 0. The number of likely N-dealkylation sites (tertiary alicyclic amines) is 1. The molecular weight excluding hydrogens is 440 g/mol. The SMILES string of the molecule is CC(=O)Oc1cccc(C(=O)NCC2CCN(C(=O)C(c3ccccc3)c3ccccc3)CC2)c1. The quantitative estimate of drug-likeness (QED) is 0.410. The normalized spacial score (nSPS) is 13.9. The van der Waals surface area contributed by atoms with Crippen molar-refractivity contribution in [2.24, 2.45) is 5.92 Å². The molecule has 35 heavy (non-hydrogen) atoms. The first-order valence-corrected chi connectivity index (χ1v) is 12.0. The molecule has 0 bridgehead atoms. The third kappa shape index (κ3) is 6.35. The number of ether oxygens (including phenoxy) is 1. The van der Waals surface area contributed by atoms with Crippen molar-refractivity contribution in [3.63, 3.8) is 0 Å². The molecule has 0 aliphatic carbocycles. The second-order valence-electron chi connectivity index (χ2n) is 8.85. The van der Waals surface area contributed by atoms with E-state index in [9.17, 15) is 14.4 Å². The molecule has 1 N–H and O–H groups in total. The number of benzene rings is 3. The highest BCUT2D eigenvalue weighted by atomic mass is 16.5. The first-order valence-electron chi connectivity index (χ1n) is 12.0. The number of hydrogen-bond acceptors (Lipinski definition) is 4. The summed E-state index contributed by atoms with van der Waals surface area (Å²) in [5, 5.41) is 2.98. The number of carbonyl (C=O) groups excluding carboxylic acids is 3. The highest BCUT2D eigenvalue weighted by molar-refractivity contribution is 5.94. The van der Waals surface area contributed by atoms with Gasteiger partial charge in [-0.05, 0) is 48.1 Å². The molecule has 0 aromatic heterocycles. The zero-order valence-corrected chi connectivity index (χ0v) is 19.9. The zero-order valence-electron chi connectivity index (χ0n) is 19.9. The van der Waals surface area contributed by atoms with Crippen LogP contribution in [0.2, 0.25) is 0 Å². The molecule has 6 nitrogen and oxygen atoms in total. The van der Waals surface area contributed by atoms with E-state index in [1.165, 1.54) is 6.92 Å². The van der Waals surface area contributed by atoms with E-state index in [1.807, 2.05) is 65.6 Å². The number of nitrogens with zero attached hydrogens (tertiary/aromatic N) is 1. The van der Waals surface area contributed by atoms with Gasteiger partial charge in [0.15, 0.2) is 0 Å². The minimum atomic E-state index is -0.425. The number of nitrogens with one attached hydrogen (secondary N) is 1. The fourth-order valence-electron chi connectivity index (χ4n) is 4.51. The Morgan fingerprint density at radius 3 is 2.06 bits per heavy atom. The van der Waals surface area contributed by atoms with Crippen molar-refractivity contribution in [2.75, 3.05) is 19.6 Å². The van der Waals surface area contributed by atoms with Crippen molar-refractivity contribution >= 4 is 17.8 Å². The van der Waals surface area contributed by atoms with Crippen molar-refractivity contribution < 1.29 is 19.1 Å². The van der Waals surface area contributed by atoms with Crippen molar-refractivity contribution in [3.8, 4) is 5.75 Å². The molecule has 1 fully saturated rings. The molecule has 0 spiro atoms. The molecule has 0 radical (unpaired) electrons. The van der Waals surface area contributed by atoms with Crippen LogP contribution in [-0.4, -0.2) is 42.3 Å². The summed E-state index contributed by atoms with van der Waals surface area (Å²) in [7, 11) is 0. The smallest absolute Gasteiger partial charge is 0.308 e. The van der Waals surface area contributed by atoms with Gasteiger partial charge in [0, 0.05) is 32.1 Å². The van der Waals surface area contributed by atoms with Gasteiger partial charge >= 0.3 is 5.97 Å². The van der Waals surface area contributed by atoms with Crippen LogP contribution < -0.4 is 10.1 Å². The van der Waals surface area contributed by atoms with Crippen molar-refractivity contribution in [2.45, 2.75) is 25.7 Å². The van der Waals surface area contributed by atoms with Gasteiger partial charge in [0.05, 0.1) is 5.92 Å². The van der Waals surface area contributed by atoms with Gasteiger partial charge in [-0.25, -0.2) is 0 Å². The van der Waals surface area contributed by atoms with E-state index in [-0.39, 0.29) is 17.7 Å². The third-order valence-corrected chi connectivity index (χ3v) is 6.35. The predicted octanol–water partition coefficient (Wildman–Crippen LogP) is 4.41. The monoisotopic (exact) mass is 470 g/mol. The van der Waals surface area contributed by atoms with Crippen LogP contribution in [0.5, 0.6) is 5.75 Å². The number of esters is 1. The minimum absolute atomic E-state index is 0.118. The number of carbonyl (C=O) groups is 3. The van der Waals surface area contributed by atoms with Gasteiger partial charge in [0.25, 0.3) is 5.91 Å². The molecular formula is C29H30N2O4. The van der Waals surface area contributed by atoms with Gasteiger partial charge in [-0.1, -0.05) is 66.7 Å². The second kappa shape index (κ2) is 11.5. The van der Waals surface area contributed by atoms with Crippen LogP contribution in [0.15, 0.2) is 84.9 Å². The molecule has 4 rings (SSSR count). The summed E-state index contributed by atoms with van der Waals surface area (Å²) in [6, 6.07) is 26.4.